The molecule has 0 aliphatic carbocycles. The predicted octanol–water partition coefficient (Wildman–Crippen LogP) is 8.57. The summed E-state index contributed by atoms with van der Waals surface area (Å²) >= 11 is 1.85. The molecule has 0 aromatic heterocycles. The van der Waals surface area contributed by atoms with Gasteiger partial charge < -0.3 is 10.2 Å². The van der Waals surface area contributed by atoms with Crippen molar-refractivity contribution < 1.29 is 0 Å². The maximum atomic E-state index is 4.89. The smallest absolute Gasteiger partial charge is 0.0716 e. The molecule has 3 aromatic rings. The minimum absolute atomic E-state index is 1.02. The van der Waals surface area contributed by atoms with Crippen LogP contribution in [0.3, 0.4) is 0 Å². The summed E-state index contributed by atoms with van der Waals surface area (Å²) in [6, 6.07) is 17.6. The normalized spacial score (nSPS) is 12.6. The molecule has 162 valence electrons. The average Bonchev–Trinajstić information content (AvgIpc) is 2.81. The van der Waals surface area contributed by atoms with Gasteiger partial charge in [0, 0.05) is 45.6 Å². The number of hydrogen-bond acceptors (Lipinski definition) is 4. The molecule has 0 spiro atoms. The second-order valence-corrected chi connectivity index (χ2v) is 9.14. The van der Waals surface area contributed by atoms with Gasteiger partial charge in [0.05, 0.1) is 17.1 Å². The molecular formula is C27H33N3S. The molecule has 0 saturated carbocycles. The number of aliphatic imine (C=N–C) groups is 1. The molecule has 3 nitrogen and oxygen atoms in total. The van der Waals surface area contributed by atoms with Gasteiger partial charge in [0.25, 0.3) is 0 Å². The van der Waals surface area contributed by atoms with Gasteiger partial charge in [-0.1, -0.05) is 62.2 Å². The van der Waals surface area contributed by atoms with Gasteiger partial charge >= 0.3 is 0 Å². The van der Waals surface area contributed by atoms with Crippen molar-refractivity contribution in [1.29, 1.82) is 0 Å². The number of fused-ring (bicyclic) bond motifs is 4. The Morgan fingerprint density at radius 2 is 1.71 bits per heavy atom. The van der Waals surface area contributed by atoms with E-state index in [2.05, 4.69) is 85.7 Å². The minimum Gasteiger partial charge on any atom is -0.372 e. The molecule has 0 atom stereocenters. The van der Waals surface area contributed by atoms with Gasteiger partial charge in [-0.25, -0.2) is 0 Å². The molecule has 0 radical (unpaired) electrons. The van der Waals surface area contributed by atoms with Crippen LogP contribution in [0.4, 0.5) is 22.7 Å². The monoisotopic (exact) mass is 431 g/mol. The van der Waals surface area contributed by atoms with Gasteiger partial charge in [0.2, 0.25) is 0 Å². The molecule has 0 bridgehead atoms. The fourth-order valence-electron chi connectivity index (χ4n) is 4.21. The molecule has 0 unspecified atom stereocenters. The van der Waals surface area contributed by atoms with E-state index in [9.17, 15) is 0 Å². The molecule has 31 heavy (non-hydrogen) atoms. The number of nitrogens with zero attached hydrogens (tertiary/aromatic N) is 2. The standard InChI is InChI=1S/C27H33N3S/c1-4-7-8-9-12-17-28-24-19-26-27(22-14-11-10-13-21(22)24)29-23-16-15-20(18-25(23)31-26)30(5-2)6-3/h10-11,13-19,29H,4-9,12H2,1-3H3. The number of hydrogen-bond donors (Lipinski definition) is 1. The Balaban J connectivity index is 1.65. The zero-order valence-electron chi connectivity index (χ0n) is 18.9. The number of nitrogens with one attached hydrogen (secondary N) is 1. The Bertz CT molecular complexity index is 1070. The van der Waals surface area contributed by atoms with Crippen LogP contribution in [0.15, 0.2) is 63.3 Å². The predicted molar refractivity (Wildman–Crippen MR) is 138 cm³/mol. The summed E-state index contributed by atoms with van der Waals surface area (Å²) in [6.45, 7) is 8.71. The highest BCUT2D eigenvalue weighted by molar-refractivity contribution is 7.99. The molecule has 0 saturated heterocycles. The minimum atomic E-state index is 1.02. The second-order valence-electron chi connectivity index (χ2n) is 8.06. The highest BCUT2D eigenvalue weighted by atomic mass is 32.2. The highest BCUT2D eigenvalue weighted by Gasteiger charge is 2.20. The average molecular weight is 432 g/mol. The van der Waals surface area contributed by atoms with Gasteiger partial charge in [0.1, 0.15) is 0 Å². The molecule has 0 amide bonds. The van der Waals surface area contributed by atoms with Crippen molar-refractivity contribution in [3.63, 3.8) is 0 Å². The number of anilines is 3. The lowest BCUT2D eigenvalue weighted by Crippen LogP contribution is -2.21. The molecule has 3 aromatic carbocycles. The summed E-state index contributed by atoms with van der Waals surface area (Å²) in [7, 11) is 0. The maximum absolute atomic E-state index is 4.89. The van der Waals surface area contributed by atoms with E-state index in [0.717, 1.165) is 25.2 Å². The SMILES string of the molecule is CCCCCCC=Nc1cc2c(c3ccccc13)Nc1ccc(N(CC)CC)cc1S2. The summed E-state index contributed by atoms with van der Waals surface area (Å²) in [5.41, 5.74) is 4.74. The molecular weight excluding hydrogens is 398 g/mol. The lowest BCUT2D eigenvalue weighted by atomic mass is 10.1. The van der Waals surface area contributed by atoms with Crippen LogP contribution in [0.2, 0.25) is 0 Å². The van der Waals surface area contributed by atoms with Gasteiger partial charge in [-0.05, 0) is 51.0 Å². The van der Waals surface area contributed by atoms with E-state index in [1.54, 1.807) is 0 Å². The summed E-state index contributed by atoms with van der Waals surface area (Å²) < 4.78 is 0. The lowest BCUT2D eigenvalue weighted by Gasteiger charge is -2.26. The third kappa shape index (κ3) is 4.74. The zero-order chi connectivity index (χ0) is 21.6. The number of unbranched alkanes of at least 4 members (excludes halogenated alkanes) is 4. The van der Waals surface area contributed by atoms with Crippen LogP contribution in [0.5, 0.6) is 0 Å². The van der Waals surface area contributed by atoms with Crippen molar-refractivity contribution in [1.82, 2.24) is 0 Å². The summed E-state index contributed by atoms with van der Waals surface area (Å²) in [6.07, 6.45) is 8.25. The van der Waals surface area contributed by atoms with E-state index >= 15 is 0 Å². The van der Waals surface area contributed by atoms with Gasteiger partial charge in [-0.15, -0.1) is 0 Å². The summed E-state index contributed by atoms with van der Waals surface area (Å²) in [5, 5.41) is 6.16. The van der Waals surface area contributed by atoms with Crippen molar-refractivity contribution >= 4 is 51.5 Å². The van der Waals surface area contributed by atoms with E-state index in [1.807, 2.05) is 11.8 Å². The number of rotatable bonds is 9. The van der Waals surface area contributed by atoms with E-state index in [-0.39, 0.29) is 0 Å². The van der Waals surface area contributed by atoms with Crippen LogP contribution < -0.4 is 10.2 Å². The fraction of sp³-hybridized carbons (Fsp3) is 0.370. The molecule has 1 N–H and O–H groups in total. The Morgan fingerprint density at radius 3 is 2.48 bits per heavy atom. The topological polar surface area (TPSA) is 27.6 Å². The third-order valence-electron chi connectivity index (χ3n) is 5.98. The summed E-state index contributed by atoms with van der Waals surface area (Å²) in [5.74, 6) is 0. The van der Waals surface area contributed by atoms with Crippen LogP contribution in [-0.4, -0.2) is 19.3 Å². The van der Waals surface area contributed by atoms with Crippen LogP contribution in [0, 0.1) is 0 Å². The van der Waals surface area contributed by atoms with Crippen LogP contribution in [-0.2, 0) is 0 Å². The Morgan fingerprint density at radius 1 is 0.903 bits per heavy atom. The maximum Gasteiger partial charge on any atom is 0.0716 e. The number of benzene rings is 3. The van der Waals surface area contributed by atoms with Crippen LogP contribution >= 0.6 is 11.8 Å². The molecule has 4 heteroatoms. The van der Waals surface area contributed by atoms with E-state index in [4.69, 9.17) is 4.99 Å². The third-order valence-corrected chi connectivity index (χ3v) is 7.08. The Labute approximate surface area is 191 Å². The van der Waals surface area contributed by atoms with Gasteiger partial charge in [0.15, 0.2) is 0 Å². The van der Waals surface area contributed by atoms with E-state index in [0.29, 0.717) is 0 Å². The zero-order valence-corrected chi connectivity index (χ0v) is 19.8. The van der Waals surface area contributed by atoms with Crippen molar-refractivity contribution in [2.45, 2.75) is 62.7 Å². The lowest BCUT2D eigenvalue weighted by molar-refractivity contribution is 0.685. The second kappa shape index (κ2) is 10.2. The van der Waals surface area contributed by atoms with Crippen LogP contribution in [0.25, 0.3) is 10.8 Å². The quantitative estimate of drug-likeness (QED) is 0.212. The molecule has 0 fully saturated rings. The largest absolute Gasteiger partial charge is 0.372 e. The first kappa shape index (κ1) is 21.8. The molecule has 4 rings (SSSR count). The van der Waals surface area contributed by atoms with E-state index < -0.39 is 0 Å². The van der Waals surface area contributed by atoms with Crippen molar-refractivity contribution in [3.8, 4) is 0 Å². The molecule has 1 aliphatic rings. The highest BCUT2D eigenvalue weighted by Crippen LogP contribution is 2.50. The summed E-state index contributed by atoms with van der Waals surface area (Å²) in [4.78, 5) is 9.82. The van der Waals surface area contributed by atoms with E-state index in [1.165, 1.54) is 63.3 Å². The van der Waals surface area contributed by atoms with Gasteiger partial charge in [-0.3, -0.25) is 4.99 Å². The Hall–Kier alpha value is -2.46. The van der Waals surface area contributed by atoms with Crippen molar-refractivity contribution in [3.05, 3.63) is 48.5 Å². The van der Waals surface area contributed by atoms with Crippen molar-refractivity contribution in [2.75, 3.05) is 23.3 Å². The van der Waals surface area contributed by atoms with Crippen LogP contribution in [0.1, 0.15) is 52.9 Å². The molecule has 1 heterocycles. The van der Waals surface area contributed by atoms with Gasteiger partial charge in [-0.2, -0.15) is 0 Å². The molecule has 1 aliphatic heterocycles. The first-order chi connectivity index (χ1) is 15.2. The van der Waals surface area contributed by atoms with Crippen molar-refractivity contribution in [2.24, 2.45) is 4.99 Å². The Kier molecular flexibility index (Phi) is 7.18. The first-order valence-electron chi connectivity index (χ1n) is 11.7. The fourth-order valence-corrected chi connectivity index (χ4v) is 5.29. The first-order valence-corrected chi connectivity index (χ1v) is 12.5.